The first kappa shape index (κ1) is 28.5. The smallest absolute Gasteiger partial charge is 0.290 e. The number of morpholine rings is 1. The summed E-state index contributed by atoms with van der Waals surface area (Å²) in [6.07, 6.45) is 5.18. The number of halogens is 1. The molecule has 1 amide bonds. The Bertz CT molecular complexity index is 1400. The van der Waals surface area contributed by atoms with E-state index in [1.807, 2.05) is 18.2 Å². The van der Waals surface area contributed by atoms with Crippen LogP contribution in [0.5, 0.6) is 11.5 Å². The fourth-order valence-corrected chi connectivity index (χ4v) is 5.72. The Balaban J connectivity index is 1.48. The average molecular weight is 569 g/mol. The molecule has 2 aliphatic rings. The standard InChI is InChI=1S/C31H37ClN2O6/c1-3-4-5-6-16-39-25-10-8-21(19-26(25)37-2)28-27-29(35)23-20-22(32)9-11-24(23)40-30(27)31(36)34(28)13-7-12-33-14-17-38-18-15-33/h8-11,19-20,28H,3-7,12-18H2,1-2H3. The van der Waals surface area contributed by atoms with Crippen LogP contribution in [-0.2, 0) is 4.74 Å². The van der Waals surface area contributed by atoms with E-state index in [2.05, 4.69) is 11.8 Å². The fourth-order valence-electron chi connectivity index (χ4n) is 5.54. The topological polar surface area (TPSA) is 81.5 Å². The van der Waals surface area contributed by atoms with Crippen molar-refractivity contribution in [1.29, 1.82) is 0 Å². The molecular weight excluding hydrogens is 532 g/mol. The third-order valence-electron chi connectivity index (χ3n) is 7.66. The Kier molecular flexibility index (Phi) is 9.29. The van der Waals surface area contributed by atoms with Crippen LogP contribution in [0.3, 0.4) is 0 Å². The lowest BCUT2D eigenvalue weighted by Crippen LogP contribution is -2.38. The first-order valence-corrected chi connectivity index (χ1v) is 14.6. The molecular formula is C31H37ClN2O6. The van der Waals surface area contributed by atoms with Gasteiger partial charge in [0.15, 0.2) is 16.9 Å². The normalized spacial score (nSPS) is 17.4. The highest BCUT2D eigenvalue weighted by Crippen LogP contribution is 2.41. The van der Waals surface area contributed by atoms with Crippen molar-refractivity contribution in [3.63, 3.8) is 0 Å². The van der Waals surface area contributed by atoms with Crippen molar-refractivity contribution in [2.45, 2.75) is 45.1 Å². The van der Waals surface area contributed by atoms with Crippen molar-refractivity contribution in [2.75, 3.05) is 53.1 Å². The van der Waals surface area contributed by atoms with Crippen molar-refractivity contribution in [1.82, 2.24) is 9.80 Å². The van der Waals surface area contributed by atoms with Crippen molar-refractivity contribution in [3.8, 4) is 11.5 Å². The second kappa shape index (κ2) is 13.1. The molecule has 0 aliphatic carbocycles. The van der Waals surface area contributed by atoms with E-state index in [0.717, 1.165) is 64.1 Å². The van der Waals surface area contributed by atoms with E-state index < -0.39 is 6.04 Å². The number of unbranched alkanes of at least 4 members (excludes halogenated alkanes) is 3. The van der Waals surface area contributed by atoms with Gasteiger partial charge in [0.05, 0.1) is 43.9 Å². The van der Waals surface area contributed by atoms with E-state index in [-0.39, 0.29) is 17.1 Å². The molecule has 8 nitrogen and oxygen atoms in total. The van der Waals surface area contributed by atoms with E-state index >= 15 is 0 Å². The number of amides is 1. The molecule has 0 spiro atoms. The molecule has 3 aromatic rings. The number of hydrogen-bond acceptors (Lipinski definition) is 7. The number of ether oxygens (including phenoxy) is 3. The summed E-state index contributed by atoms with van der Waals surface area (Å²) in [5.41, 5.74) is 1.20. The molecule has 2 aliphatic heterocycles. The molecule has 2 aromatic carbocycles. The maximum atomic E-state index is 13.8. The fraction of sp³-hybridized carbons (Fsp3) is 0.484. The molecule has 1 saturated heterocycles. The number of carbonyl (C=O) groups is 1. The average Bonchev–Trinajstić information content (AvgIpc) is 3.25. The summed E-state index contributed by atoms with van der Waals surface area (Å²) in [7, 11) is 1.60. The number of fused-ring (bicyclic) bond motifs is 2. The van der Waals surface area contributed by atoms with Crippen LogP contribution in [-0.4, -0.2) is 68.8 Å². The molecule has 0 radical (unpaired) electrons. The van der Waals surface area contributed by atoms with Gasteiger partial charge in [-0.05, 0) is 48.7 Å². The molecule has 0 bridgehead atoms. The molecule has 5 rings (SSSR count). The van der Waals surface area contributed by atoms with Crippen LogP contribution in [0.4, 0.5) is 0 Å². The van der Waals surface area contributed by atoms with Gasteiger partial charge in [-0.3, -0.25) is 14.5 Å². The van der Waals surface area contributed by atoms with E-state index in [9.17, 15) is 9.59 Å². The summed E-state index contributed by atoms with van der Waals surface area (Å²) >= 11 is 6.22. The SMILES string of the molecule is CCCCCCOc1ccc(C2c3c(oc4ccc(Cl)cc4c3=O)C(=O)N2CCCN2CCOCC2)cc1OC. The molecule has 1 unspecified atom stereocenters. The molecule has 0 N–H and O–H groups in total. The first-order valence-electron chi connectivity index (χ1n) is 14.2. The van der Waals surface area contributed by atoms with Gasteiger partial charge in [-0.15, -0.1) is 0 Å². The van der Waals surface area contributed by atoms with Gasteiger partial charge in [-0.1, -0.05) is 43.9 Å². The minimum absolute atomic E-state index is 0.0893. The molecule has 1 aromatic heterocycles. The number of nitrogens with zero attached hydrogens (tertiary/aromatic N) is 2. The summed E-state index contributed by atoms with van der Waals surface area (Å²) in [4.78, 5) is 31.7. The van der Waals surface area contributed by atoms with Gasteiger partial charge in [0.1, 0.15) is 5.58 Å². The minimum atomic E-state index is -0.612. The molecule has 40 heavy (non-hydrogen) atoms. The number of carbonyl (C=O) groups excluding carboxylic acids is 1. The van der Waals surface area contributed by atoms with E-state index in [1.54, 1.807) is 30.2 Å². The van der Waals surface area contributed by atoms with Crippen LogP contribution in [0, 0.1) is 0 Å². The predicted molar refractivity (Wildman–Crippen MR) is 155 cm³/mol. The van der Waals surface area contributed by atoms with Crippen LogP contribution in [0.2, 0.25) is 5.02 Å². The monoisotopic (exact) mass is 568 g/mol. The van der Waals surface area contributed by atoms with Gasteiger partial charge in [0, 0.05) is 31.2 Å². The summed E-state index contributed by atoms with van der Waals surface area (Å²) < 4.78 is 23.2. The Labute approximate surface area is 239 Å². The van der Waals surface area contributed by atoms with Crippen molar-refractivity contribution >= 4 is 28.5 Å². The van der Waals surface area contributed by atoms with Gasteiger partial charge < -0.3 is 23.5 Å². The lowest BCUT2D eigenvalue weighted by molar-refractivity contribution is 0.0353. The van der Waals surface area contributed by atoms with Crippen molar-refractivity contribution in [2.24, 2.45) is 0 Å². The molecule has 9 heteroatoms. The molecule has 0 saturated carbocycles. The number of hydrogen-bond donors (Lipinski definition) is 0. The van der Waals surface area contributed by atoms with Crippen LogP contribution < -0.4 is 14.9 Å². The maximum Gasteiger partial charge on any atom is 0.290 e. The Morgan fingerprint density at radius 3 is 2.58 bits per heavy atom. The lowest BCUT2D eigenvalue weighted by atomic mass is 9.98. The summed E-state index contributed by atoms with van der Waals surface area (Å²) in [6.45, 7) is 7.28. The van der Waals surface area contributed by atoms with Crippen molar-refractivity contribution < 1.29 is 23.4 Å². The molecule has 1 fully saturated rings. The maximum absolute atomic E-state index is 13.8. The summed E-state index contributed by atoms with van der Waals surface area (Å²) in [5.74, 6) is 1.01. The Morgan fingerprint density at radius 1 is 0.975 bits per heavy atom. The molecule has 3 heterocycles. The predicted octanol–water partition coefficient (Wildman–Crippen LogP) is 5.68. The van der Waals surface area contributed by atoms with Crippen molar-refractivity contribution in [3.05, 3.63) is 68.5 Å². The van der Waals surface area contributed by atoms with Gasteiger partial charge in [0.2, 0.25) is 5.76 Å². The number of rotatable bonds is 12. The Morgan fingerprint density at radius 2 is 1.80 bits per heavy atom. The third-order valence-corrected chi connectivity index (χ3v) is 7.90. The van der Waals surface area contributed by atoms with Crippen LogP contribution in [0.15, 0.2) is 45.6 Å². The highest BCUT2D eigenvalue weighted by molar-refractivity contribution is 6.31. The summed E-state index contributed by atoms with van der Waals surface area (Å²) in [5, 5.41) is 0.795. The van der Waals surface area contributed by atoms with Crippen LogP contribution in [0.1, 0.15) is 66.8 Å². The van der Waals surface area contributed by atoms with E-state index in [4.69, 9.17) is 30.2 Å². The molecule has 214 valence electrons. The number of benzene rings is 2. The second-order valence-electron chi connectivity index (χ2n) is 10.3. The zero-order valence-corrected chi connectivity index (χ0v) is 24.0. The van der Waals surface area contributed by atoms with Crippen LogP contribution >= 0.6 is 11.6 Å². The van der Waals surface area contributed by atoms with Gasteiger partial charge in [-0.25, -0.2) is 0 Å². The highest BCUT2D eigenvalue weighted by atomic mass is 35.5. The molecule has 1 atom stereocenters. The first-order chi connectivity index (χ1) is 19.5. The number of methoxy groups -OCH3 is 1. The van der Waals surface area contributed by atoms with Crippen LogP contribution in [0.25, 0.3) is 11.0 Å². The third kappa shape index (κ3) is 5.99. The minimum Gasteiger partial charge on any atom is -0.493 e. The largest absolute Gasteiger partial charge is 0.493 e. The van der Waals surface area contributed by atoms with Gasteiger partial charge in [0.25, 0.3) is 5.91 Å². The van der Waals surface area contributed by atoms with Gasteiger partial charge in [-0.2, -0.15) is 0 Å². The van der Waals surface area contributed by atoms with E-state index in [1.165, 1.54) is 6.42 Å². The second-order valence-corrected chi connectivity index (χ2v) is 10.8. The zero-order valence-electron chi connectivity index (χ0n) is 23.2. The quantitative estimate of drug-likeness (QED) is 0.260. The Hall–Kier alpha value is -3.07. The van der Waals surface area contributed by atoms with E-state index in [0.29, 0.717) is 46.2 Å². The highest BCUT2D eigenvalue weighted by Gasteiger charge is 2.42. The summed E-state index contributed by atoms with van der Waals surface area (Å²) in [6, 6.07) is 9.92. The lowest BCUT2D eigenvalue weighted by Gasteiger charge is -2.29. The van der Waals surface area contributed by atoms with Gasteiger partial charge >= 0.3 is 0 Å². The zero-order chi connectivity index (χ0) is 28.1.